The minimum absolute atomic E-state index is 0.0318. The molecule has 4 aliphatic rings. The van der Waals surface area contributed by atoms with Gasteiger partial charge in [-0.25, -0.2) is 4.79 Å². The van der Waals surface area contributed by atoms with Gasteiger partial charge < -0.3 is 5.73 Å². The summed E-state index contributed by atoms with van der Waals surface area (Å²) >= 11 is 0. The third-order valence-corrected chi connectivity index (χ3v) is 7.69. The number of hydrogen-bond donors (Lipinski definition) is 1. The molecule has 1 amide bonds. The molecule has 0 radical (unpaired) electrons. The van der Waals surface area contributed by atoms with Gasteiger partial charge in [0.25, 0.3) is 0 Å². The Morgan fingerprint density at radius 3 is 2.12 bits per heavy atom. The monoisotopic (exact) mass is 341 g/mol. The molecule has 0 aliphatic heterocycles. The summed E-state index contributed by atoms with van der Waals surface area (Å²) in [4.78, 5) is 12.9. The van der Waals surface area contributed by atoms with E-state index in [1.165, 1.54) is 44.1 Å². The van der Waals surface area contributed by atoms with Gasteiger partial charge in [-0.05, 0) is 49.0 Å². The van der Waals surface area contributed by atoms with Crippen molar-refractivity contribution in [3.05, 3.63) is 35.9 Å². The molecule has 1 aromatic carbocycles. The lowest BCUT2D eigenvalue weighted by molar-refractivity contribution is -0.896. The van der Waals surface area contributed by atoms with Crippen molar-refractivity contribution >= 4 is 5.91 Å². The minimum Gasteiger partial charge on any atom is -0.323 e. The molecule has 0 heterocycles. The van der Waals surface area contributed by atoms with Gasteiger partial charge in [-0.2, -0.15) is 0 Å². The van der Waals surface area contributed by atoms with Crippen LogP contribution in [0, 0.1) is 17.8 Å². The largest absolute Gasteiger partial charge is 0.323 e. The third-order valence-electron chi connectivity index (χ3n) is 7.69. The van der Waals surface area contributed by atoms with Crippen LogP contribution in [0.25, 0.3) is 0 Å². The lowest BCUT2D eigenvalue weighted by Crippen LogP contribution is -2.72. The van der Waals surface area contributed by atoms with E-state index < -0.39 is 0 Å². The number of likely N-dealkylation sites (N-methyl/N-ethyl adjacent to an activating group) is 1. The van der Waals surface area contributed by atoms with E-state index in [-0.39, 0.29) is 11.6 Å². The number of amides is 1. The van der Waals surface area contributed by atoms with Crippen LogP contribution in [0.2, 0.25) is 0 Å². The zero-order valence-corrected chi connectivity index (χ0v) is 15.8. The van der Waals surface area contributed by atoms with E-state index in [0.717, 1.165) is 30.7 Å². The highest BCUT2D eigenvalue weighted by Crippen LogP contribution is 2.59. The summed E-state index contributed by atoms with van der Waals surface area (Å²) in [6, 6.07) is 10.5. The second-order valence-corrected chi connectivity index (χ2v) is 9.48. The van der Waals surface area contributed by atoms with Crippen LogP contribution in [0.3, 0.4) is 0 Å². The average molecular weight is 342 g/mol. The molecule has 3 heteroatoms. The minimum atomic E-state index is 0.0318. The Balaban J connectivity index is 1.56. The zero-order chi connectivity index (χ0) is 17.7. The molecule has 136 valence electrons. The van der Waals surface area contributed by atoms with Gasteiger partial charge in [0.15, 0.2) is 0 Å². The molecule has 0 spiro atoms. The molecule has 4 fully saturated rings. The number of hydrogen-bond acceptors (Lipinski definition) is 2. The number of carbonyl (C=O) groups excluding carboxylic acids is 1. The normalized spacial score (nSPS) is 36.8. The van der Waals surface area contributed by atoms with Crippen molar-refractivity contribution in [3.63, 3.8) is 0 Å². The molecule has 4 bridgehead atoms. The van der Waals surface area contributed by atoms with Gasteiger partial charge in [-0.15, -0.1) is 0 Å². The van der Waals surface area contributed by atoms with Crippen LogP contribution in [-0.2, 0) is 11.2 Å². The first-order valence-corrected chi connectivity index (χ1v) is 10.1. The van der Waals surface area contributed by atoms with Crippen LogP contribution >= 0.6 is 0 Å². The number of nitrogens with zero attached hydrogens (tertiary/aromatic N) is 1. The van der Waals surface area contributed by atoms with Crippen molar-refractivity contribution in [2.45, 2.75) is 63.5 Å². The lowest BCUT2D eigenvalue weighted by atomic mass is 9.52. The highest BCUT2D eigenvalue weighted by Gasteiger charge is 2.61. The molecular weight excluding hydrogens is 308 g/mol. The maximum Gasteiger partial charge on any atom is 0.310 e. The first kappa shape index (κ1) is 17.2. The molecule has 5 rings (SSSR count). The predicted octanol–water partition coefficient (Wildman–Crippen LogP) is 3.52. The molecule has 3 nitrogen and oxygen atoms in total. The number of quaternary nitrogens is 1. The smallest absolute Gasteiger partial charge is 0.310 e. The number of carbonyl (C=O) groups is 1. The number of rotatable bonds is 5. The summed E-state index contributed by atoms with van der Waals surface area (Å²) in [5, 5.41) is 0. The SMILES string of the molecule is CC(=O)[N@@+](C)(CC(N)Cc1ccccc1)C12CC3CC(CC(C3)C1)C2. The Kier molecular flexibility index (Phi) is 4.28. The maximum absolute atomic E-state index is 12.9. The quantitative estimate of drug-likeness (QED) is 0.833. The average Bonchev–Trinajstić information content (AvgIpc) is 2.54. The van der Waals surface area contributed by atoms with E-state index >= 15 is 0 Å². The topological polar surface area (TPSA) is 43.1 Å². The fraction of sp³-hybridized carbons (Fsp3) is 0.682. The molecule has 25 heavy (non-hydrogen) atoms. The molecule has 2 atom stereocenters. The van der Waals surface area contributed by atoms with E-state index in [9.17, 15) is 4.79 Å². The summed E-state index contributed by atoms with van der Waals surface area (Å²) in [5.74, 6) is 2.88. The molecule has 4 aliphatic carbocycles. The summed E-state index contributed by atoms with van der Waals surface area (Å²) in [5.41, 5.74) is 8.02. The van der Waals surface area contributed by atoms with Gasteiger partial charge in [0.05, 0.1) is 20.0 Å². The van der Waals surface area contributed by atoms with E-state index in [1.54, 1.807) is 6.92 Å². The molecule has 1 aromatic rings. The molecular formula is C22H33N2O+. The van der Waals surface area contributed by atoms with Crippen molar-refractivity contribution < 1.29 is 9.28 Å². The van der Waals surface area contributed by atoms with E-state index in [4.69, 9.17) is 5.73 Å². The van der Waals surface area contributed by atoms with Crippen LogP contribution in [-0.4, -0.2) is 35.6 Å². The summed E-state index contributed by atoms with van der Waals surface area (Å²) < 4.78 is 0.560. The Morgan fingerprint density at radius 1 is 1.12 bits per heavy atom. The number of benzene rings is 1. The highest BCUT2D eigenvalue weighted by atomic mass is 16.2. The van der Waals surface area contributed by atoms with E-state index in [2.05, 4.69) is 31.3 Å². The molecule has 4 saturated carbocycles. The van der Waals surface area contributed by atoms with Crippen molar-refractivity contribution in [1.29, 1.82) is 0 Å². The van der Waals surface area contributed by atoms with Crippen LogP contribution < -0.4 is 5.73 Å². The second kappa shape index (κ2) is 6.21. The van der Waals surface area contributed by atoms with E-state index in [0.29, 0.717) is 10.4 Å². The molecule has 2 N–H and O–H groups in total. The van der Waals surface area contributed by atoms with Crippen LogP contribution in [0.1, 0.15) is 51.0 Å². The highest BCUT2D eigenvalue weighted by molar-refractivity contribution is 5.66. The Bertz CT molecular complexity index is 605. The first-order valence-electron chi connectivity index (χ1n) is 10.1. The van der Waals surface area contributed by atoms with Gasteiger partial charge in [0.1, 0.15) is 12.1 Å². The van der Waals surface area contributed by atoms with Crippen molar-refractivity contribution in [3.8, 4) is 0 Å². The Labute approximate surface area is 152 Å². The van der Waals surface area contributed by atoms with Crippen molar-refractivity contribution in [2.24, 2.45) is 23.5 Å². The molecule has 1 unspecified atom stereocenters. The van der Waals surface area contributed by atoms with Crippen molar-refractivity contribution in [2.75, 3.05) is 13.6 Å². The fourth-order valence-electron chi connectivity index (χ4n) is 6.78. The number of nitrogens with two attached hydrogens (primary N) is 1. The van der Waals surface area contributed by atoms with Crippen LogP contribution in [0.5, 0.6) is 0 Å². The van der Waals surface area contributed by atoms with Gasteiger partial charge in [0.2, 0.25) is 0 Å². The van der Waals surface area contributed by atoms with Gasteiger partial charge in [0, 0.05) is 19.3 Å². The standard InChI is InChI=1S/C22H33N2O/c1-16(25)24(2,15-21(23)11-17-6-4-3-5-7-17)22-12-18-8-19(13-22)10-20(9-18)14-22/h3-7,18-21H,8-15,23H2,1-2H3/q+1/t18?,19?,20?,21?,22?,24-/m1/s1. The van der Waals surface area contributed by atoms with E-state index in [1.807, 2.05) is 6.07 Å². The zero-order valence-electron chi connectivity index (χ0n) is 15.8. The fourth-order valence-corrected chi connectivity index (χ4v) is 6.78. The lowest BCUT2D eigenvalue weighted by Gasteiger charge is -2.62. The van der Waals surface area contributed by atoms with Crippen LogP contribution in [0.15, 0.2) is 30.3 Å². The Hall–Kier alpha value is -1.19. The van der Waals surface area contributed by atoms with Gasteiger partial charge in [-0.1, -0.05) is 30.3 Å². The molecule has 0 aromatic heterocycles. The third kappa shape index (κ3) is 2.96. The Morgan fingerprint density at radius 2 is 1.64 bits per heavy atom. The van der Waals surface area contributed by atoms with Gasteiger partial charge >= 0.3 is 5.91 Å². The maximum atomic E-state index is 12.9. The van der Waals surface area contributed by atoms with Crippen LogP contribution in [0.4, 0.5) is 0 Å². The van der Waals surface area contributed by atoms with Crippen molar-refractivity contribution in [1.82, 2.24) is 0 Å². The summed E-state index contributed by atoms with van der Waals surface area (Å²) in [6.07, 6.45) is 8.81. The summed E-state index contributed by atoms with van der Waals surface area (Å²) in [7, 11) is 2.19. The predicted molar refractivity (Wildman–Crippen MR) is 101 cm³/mol. The van der Waals surface area contributed by atoms with Gasteiger partial charge in [-0.3, -0.25) is 4.48 Å². The first-order chi connectivity index (χ1) is 11.9. The molecule has 0 saturated heterocycles. The summed E-state index contributed by atoms with van der Waals surface area (Å²) in [6.45, 7) is 2.57. The second-order valence-electron chi connectivity index (χ2n) is 9.48.